The van der Waals surface area contributed by atoms with Gasteiger partial charge in [-0.1, -0.05) is 148 Å². The zero-order chi connectivity index (χ0) is 34.8. The molecule has 0 spiro atoms. The van der Waals surface area contributed by atoms with Crippen LogP contribution in [0.2, 0.25) is 118 Å². The highest BCUT2D eigenvalue weighted by Gasteiger charge is 2.47. The summed E-state index contributed by atoms with van der Waals surface area (Å²) in [4.78, 5) is 0. The van der Waals surface area contributed by atoms with Crippen LogP contribution in [0.5, 0.6) is 0 Å². The second kappa shape index (κ2) is 13.2. The van der Waals surface area contributed by atoms with Crippen LogP contribution in [0.15, 0.2) is 24.3 Å². The van der Waals surface area contributed by atoms with Gasteiger partial charge in [0.05, 0.1) is 0 Å². The second-order valence-corrected chi connectivity index (χ2v) is 57.1. The van der Waals surface area contributed by atoms with Crippen molar-refractivity contribution >= 4 is 77.9 Å². The summed E-state index contributed by atoms with van der Waals surface area (Å²) in [6.45, 7) is 54.7. The molecule has 0 atom stereocenters. The minimum atomic E-state index is -1.60. The number of rotatable bonds is 11. The Labute approximate surface area is 287 Å². The summed E-state index contributed by atoms with van der Waals surface area (Å²) < 4.78 is 0. The van der Waals surface area contributed by atoms with Crippen LogP contribution in [0.1, 0.15) is 48.9 Å². The zero-order valence-corrected chi connectivity index (χ0v) is 40.8. The van der Waals surface area contributed by atoms with Gasteiger partial charge in [0.1, 0.15) is 0 Å². The average molecular weight is 732 g/mol. The van der Waals surface area contributed by atoms with Crippen molar-refractivity contribution in [1.82, 2.24) is 0 Å². The van der Waals surface area contributed by atoms with Crippen LogP contribution in [-0.2, 0) is 0 Å². The van der Waals surface area contributed by atoms with Gasteiger partial charge in [-0.25, -0.2) is 0 Å². The van der Waals surface area contributed by atoms with Crippen LogP contribution in [0.25, 0.3) is 0 Å². The maximum atomic E-state index is 7.03. The predicted molar refractivity (Wildman–Crippen MR) is 228 cm³/mol. The van der Waals surface area contributed by atoms with Gasteiger partial charge >= 0.3 is 0 Å². The summed E-state index contributed by atoms with van der Waals surface area (Å²) in [5.74, 6) is 0. The van der Waals surface area contributed by atoms with Gasteiger partial charge in [-0.2, -0.15) is 0 Å². The first-order valence-corrected chi connectivity index (χ1v) is 41.2. The van der Waals surface area contributed by atoms with Crippen molar-refractivity contribution in [1.29, 1.82) is 0 Å². The van der Waals surface area contributed by atoms with Crippen molar-refractivity contribution in [2.45, 2.75) is 154 Å². The SMILES string of the molecule is Cc1cc(C)c([Si](=S)c2c(C([Si](C)(C)C)[Si](C)(C)C)cc(C([Si](C)(C)C)[Si](C)(C)C)cc2C([Si](C)(C)C)[Si](C)(C)C)c(C)c1. The Bertz CT molecular complexity index is 1250. The molecule has 0 N–H and O–H groups in total. The minimum Gasteiger partial charge on any atom is -0.127 e. The highest BCUT2D eigenvalue weighted by molar-refractivity contribution is 7.91. The van der Waals surface area contributed by atoms with E-state index in [0.717, 1.165) is 5.16 Å². The Morgan fingerprint density at radius 3 is 0.955 bits per heavy atom. The Morgan fingerprint density at radius 1 is 0.432 bits per heavy atom. The number of benzene rings is 2. The van der Waals surface area contributed by atoms with E-state index in [1.807, 2.05) is 0 Å². The monoisotopic (exact) mass is 730 g/mol. The molecule has 0 aliphatic carbocycles. The molecule has 0 aliphatic heterocycles. The molecule has 0 saturated carbocycles. The van der Waals surface area contributed by atoms with Crippen LogP contribution in [0.4, 0.5) is 0 Å². The summed E-state index contributed by atoms with van der Waals surface area (Å²) in [6.07, 6.45) is 0. The topological polar surface area (TPSA) is 0 Å². The van der Waals surface area contributed by atoms with Crippen LogP contribution in [0.3, 0.4) is 0 Å². The molecule has 44 heavy (non-hydrogen) atoms. The molecule has 0 radical (unpaired) electrons. The van der Waals surface area contributed by atoms with Gasteiger partial charge in [0.2, 0.25) is 0 Å². The lowest BCUT2D eigenvalue weighted by Gasteiger charge is -2.46. The fraction of sp³-hybridized carbons (Fsp3) is 0.667. The molecular weight excluding hydrogens is 661 g/mol. The van der Waals surface area contributed by atoms with E-state index in [4.69, 9.17) is 11.6 Å². The van der Waals surface area contributed by atoms with Crippen molar-refractivity contribution in [3.05, 3.63) is 57.6 Å². The summed E-state index contributed by atoms with van der Waals surface area (Å²) in [6, 6.07) is 10.5. The lowest BCUT2D eigenvalue weighted by atomic mass is 10.1. The van der Waals surface area contributed by atoms with Crippen LogP contribution < -0.4 is 10.4 Å². The number of aryl methyl sites for hydroxylation is 3. The van der Waals surface area contributed by atoms with Crippen molar-refractivity contribution in [2.75, 3.05) is 0 Å². The molecule has 0 aliphatic rings. The van der Waals surface area contributed by atoms with E-state index in [0.29, 0.717) is 10.3 Å². The van der Waals surface area contributed by atoms with Crippen molar-refractivity contribution in [3.63, 3.8) is 0 Å². The van der Waals surface area contributed by atoms with Crippen LogP contribution >= 0.6 is 11.6 Å². The molecule has 248 valence electrons. The number of hydrogen-bond acceptors (Lipinski definition) is 1. The van der Waals surface area contributed by atoms with Gasteiger partial charge in [-0.05, 0) is 74.5 Å². The van der Waals surface area contributed by atoms with Crippen molar-refractivity contribution in [2.24, 2.45) is 0 Å². The summed E-state index contributed by atoms with van der Waals surface area (Å²) >= 11 is 7.03. The third-order valence-corrected chi connectivity index (χ3v) is 40.9. The van der Waals surface area contributed by atoms with E-state index >= 15 is 0 Å². The van der Waals surface area contributed by atoms with E-state index in [1.54, 1.807) is 21.9 Å². The largest absolute Gasteiger partial charge is 0.164 e. The van der Waals surface area contributed by atoms with Gasteiger partial charge in [0.25, 0.3) is 0 Å². The van der Waals surface area contributed by atoms with Crippen molar-refractivity contribution in [3.8, 4) is 0 Å². The van der Waals surface area contributed by atoms with Crippen LogP contribution in [0, 0.1) is 20.8 Å². The van der Waals surface area contributed by atoms with Gasteiger partial charge in [-0.15, -0.1) is 11.6 Å². The average Bonchev–Trinajstić information content (AvgIpc) is 2.66. The van der Waals surface area contributed by atoms with E-state index < -0.39 is 55.9 Å². The fourth-order valence-electron chi connectivity index (χ4n) is 10.0. The maximum Gasteiger partial charge on any atom is 0.164 e. The smallest absolute Gasteiger partial charge is 0.127 e. The molecule has 0 bridgehead atoms. The van der Waals surface area contributed by atoms with E-state index in [1.165, 1.54) is 21.9 Å². The molecule has 0 nitrogen and oxygen atoms in total. The first-order valence-electron chi connectivity index (χ1n) is 17.1. The summed E-state index contributed by atoms with van der Waals surface area (Å²) in [7, 11) is -10.8. The molecule has 2 aromatic carbocycles. The zero-order valence-electron chi connectivity index (χ0n) is 32.9. The van der Waals surface area contributed by atoms with Crippen molar-refractivity contribution < 1.29 is 0 Å². The number of hydrogen-bond donors (Lipinski definition) is 0. The van der Waals surface area contributed by atoms with Crippen LogP contribution in [-0.4, -0.2) is 55.9 Å². The molecule has 0 aromatic heterocycles. The first-order chi connectivity index (χ1) is 19.3. The van der Waals surface area contributed by atoms with Gasteiger partial charge < -0.3 is 0 Å². The Morgan fingerprint density at radius 2 is 0.705 bits per heavy atom. The standard InChI is InChI=1S/C36H70SSi7/c1-26-22-27(2)32(28(3)23-26)38(37)33-30(35(41(10,11)12)42(13,14)15)24-29(34(39(4,5)6)40(7,8)9)25-31(33)36(43(16,17)18)44(19,20)21/h22-25,34-36H,1-21H3. The second-order valence-electron chi connectivity index (χ2n) is 20.7. The molecule has 0 heterocycles. The molecule has 0 unspecified atom stereocenters. The fourth-order valence-corrected chi connectivity index (χ4v) is 52.5. The highest BCUT2D eigenvalue weighted by atomic mass is 32.2. The Hall–Kier alpha value is 0.178. The van der Waals surface area contributed by atoms with E-state index in [2.05, 4.69) is 163 Å². The minimum absolute atomic E-state index is 0.686. The molecule has 2 aromatic rings. The normalized spacial score (nSPS) is 14.3. The van der Waals surface area contributed by atoms with Gasteiger partial charge in [0.15, 0.2) is 7.50 Å². The quantitative estimate of drug-likeness (QED) is 0.207. The third kappa shape index (κ3) is 9.20. The molecule has 0 amide bonds. The Balaban J connectivity index is 3.46. The van der Waals surface area contributed by atoms with Gasteiger partial charge in [0, 0.05) is 48.4 Å². The highest BCUT2D eigenvalue weighted by Crippen LogP contribution is 2.44. The molecular formula is C36H70SSi7. The van der Waals surface area contributed by atoms with Gasteiger partial charge in [-0.3, -0.25) is 0 Å². The summed E-state index contributed by atoms with van der Waals surface area (Å²) in [5, 5.41) is 5.29. The Kier molecular flexibility index (Phi) is 12.1. The summed E-state index contributed by atoms with van der Waals surface area (Å²) in [5.41, 5.74) is 9.39. The maximum absolute atomic E-state index is 7.03. The van der Waals surface area contributed by atoms with E-state index in [9.17, 15) is 0 Å². The lowest BCUT2D eigenvalue weighted by molar-refractivity contribution is 1.10. The molecule has 2 rings (SSSR count). The van der Waals surface area contributed by atoms with E-state index in [-0.39, 0.29) is 0 Å². The lowest BCUT2D eigenvalue weighted by Crippen LogP contribution is -2.55. The third-order valence-electron chi connectivity index (χ3n) is 9.50. The molecule has 8 heteroatoms. The molecule has 0 saturated heterocycles. The predicted octanol–water partition coefficient (Wildman–Crippen LogP) is 11.4. The molecule has 0 fully saturated rings. The first kappa shape index (κ1) is 40.4.